The average molecular weight is 231 g/mol. The second kappa shape index (κ2) is 5.82. The van der Waals surface area contributed by atoms with Crippen molar-refractivity contribution in [3.05, 3.63) is 29.7 Å². The van der Waals surface area contributed by atoms with Crippen LogP contribution in [0.4, 0.5) is 0 Å². The largest absolute Gasteiger partial charge is 0.357 e. The fourth-order valence-corrected chi connectivity index (χ4v) is 2.44. The Bertz CT molecular complexity index is 473. The summed E-state index contributed by atoms with van der Waals surface area (Å²) in [6.45, 7) is 0. The summed E-state index contributed by atoms with van der Waals surface area (Å²) in [7, 11) is 3.75. The van der Waals surface area contributed by atoms with Gasteiger partial charge < -0.3 is 10.3 Å². The van der Waals surface area contributed by atoms with Crippen LogP contribution in [0.1, 0.15) is 30.5 Å². The van der Waals surface area contributed by atoms with Crippen LogP contribution in [0.2, 0.25) is 0 Å². The number of fused-ring (bicyclic) bond motifs is 3. The van der Waals surface area contributed by atoms with Gasteiger partial charge in [0.25, 0.3) is 0 Å². The Labute approximate surface area is 103 Å². The Morgan fingerprint density at radius 1 is 1.18 bits per heavy atom. The molecule has 0 amide bonds. The molecule has 0 saturated heterocycles. The van der Waals surface area contributed by atoms with Crippen LogP contribution in [0.5, 0.6) is 0 Å². The topological polar surface area (TPSA) is 40.7 Å². The summed E-state index contributed by atoms with van der Waals surface area (Å²) in [6, 6.07) is 2.13. The third kappa shape index (κ3) is 2.67. The molecule has 2 aromatic heterocycles. The zero-order valence-electron chi connectivity index (χ0n) is 10.7. The molecule has 3 heteroatoms. The molecule has 3 nitrogen and oxygen atoms in total. The quantitative estimate of drug-likeness (QED) is 0.684. The number of rotatable bonds is 0. The second-order valence-corrected chi connectivity index (χ2v) is 4.56. The average Bonchev–Trinajstić information content (AvgIpc) is 2.53. The lowest BCUT2D eigenvalue weighted by Crippen LogP contribution is -1.89. The highest BCUT2D eigenvalue weighted by Gasteiger charge is 2.13. The third-order valence-corrected chi connectivity index (χ3v) is 3.15. The van der Waals surface area contributed by atoms with Crippen LogP contribution < -0.4 is 5.32 Å². The zero-order valence-corrected chi connectivity index (χ0v) is 10.7. The Balaban J connectivity index is 0.000000329. The van der Waals surface area contributed by atoms with Crippen molar-refractivity contribution in [2.75, 3.05) is 14.1 Å². The highest BCUT2D eigenvalue weighted by Crippen LogP contribution is 2.27. The van der Waals surface area contributed by atoms with Crippen LogP contribution in [0.25, 0.3) is 10.9 Å². The van der Waals surface area contributed by atoms with Gasteiger partial charge in [-0.2, -0.15) is 0 Å². The molecule has 1 aliphatic rings. The first kappa shape index (κ1) is 12.1. The summed E-state index contributed by atoms with van der Waals surface area (Å²) < 4.78 is 0. The predicted molar refractivity (Wildman–Crippen MR) is 72.3 cm³/mol. The number of hydrogen-bond donors (Lipinski definition) is 2. The molecule has 0 unspecified atom stereocenters. The van der Waals surface area contributed by atoms with Crippen molar-refractivity contribution in [3.63, 3.8) is 0 Å². The summed E-state index contributed by atoms with van der Waals surface area (Å²) >= 11 is 0. The molecule has 0 atom stereocenters. The summed E-state index contributed by atoms with van der Waals surface area (Å²) in [5.74, 6) is 0. The van der Waals surface area contributed by atoms with Crippen LogP contribution in [0, 0.1) is 0 Å². The van der Waals surface area contributed by atoms with E-state index >= 15 is 0 Å². The minimum absolute atomic E-state index is 1.21. The summed E-state index contributed by atoms with van der Waals surface area (Å²) in [6.07, 6.45) is 10.3. The molecule has 2 heterocycles. The highest BCUT2D eigenvalue weighted by molar-refractivity contribution is 5.83. The van der Waals surface area contributed by atoms with Gasteiger partial charge in [0.2, 0.25) is 0 Å². The molecule has 0 aromatic carbocycles. The minimum Gasteiger partial charge on any atom is -0.357 e. The molecule has 2 N–H and O–H groups in total. The smallest absolute Gasteiger partial charge is 0.0645 e. The fraction of sp³-hybridized carbons (Fsp3) is 0.500. The lowest BCUT2D eigenvalue weighted by atomic mass is 10.1. The van der Waals surface area contributed by atoms with Crippen molar-refractivity contribution >= 4 is 10.9 Å². The number of pyridine rings is 1. The predicted octanol–water partition coefficient (Wildman–Crippen LogP) is 2.67. The molecular formula is C14H21N3. The van der Waals surface area contributed by atoms with Gasteiger partial charge in [-0.25, -0.2) is 0 Å². The number of aromatic amines is 1. The van der Waals surface area contributed by atoms with Crippen molar-refractivity contribution < 1.29 is 0 Å². The molecule has 0 spiro atoms. The number of aryl methyl sites for hydroxylation is 2. The van der Waals surface area contributed by atoms with E-state index in [1.165, 1.54) is 48.7 Å². The first-order valence-corrected chi connectivity index (χ1v) is 6.38. The lowest BCUT2D eigenvalue weighted by molar-refractivity contribution is 0.708. The van der Waals surface area contributed by atoms with E-state index in [0.717, 1.165) is 0 Å². The maximum atomic E-state index is 4.15. The van der Waals surface area contributed by atoms with Gasteiger partial charge in [-0.15, -0.1) is 0 Å². The maximum absolute atomic E-state index is 4.15. The Morgan fingerprint density at radius 3 is 2.76 bits per heavy atom. The van der Waals surface area contributed by atoms with Crippen LogP contribution in [0.15, 0.2) is 18.5 Å². The molecule has 0 aliphatic heterocycles. The molecule has 1 aliphatic carbocycles. The molecule has 0 bridgehead atoms. The van der Waals surface area contributed by atoms with E-state index in [9.17, 15) is 0 Å². The Kier molecular flexibility index (Phi) is 4.15. The highest BCUT2D eigenvalue weighted by atomic mass is 14.8. The van der Waals surface area contributed by atoms with Gasteiger partial charge in [0.05, 0.1) is 11.7 Å². The number of nitrogens with zero attached hydrogens (tertiary/aromatic N) is 1. The number of hydrogen-bond acceptors (Lipinski definition) is 2. The van der Waals surface area contributed by atoms with Crippen molar-refractivity contribution in [3.8, 4) is 0 Å². The maximum Gasteiger partial charge on any atom is 0.0645 e. The normalized spacial score (nSPS) is 14.7. The molecule has 0 radical (unpaired) electrons. The molecule has 2 aromatic rings. The molecule has 0 fully saturated rings. The van der Waals surface area contributed by atoms with Crippen molar-refractivity contribution in [1.29, 1.82) is 0 Å². The summed E-state index contributed by atoms with van der Waals surface area (Å²) in [5.41, 5.74) is 4.20. The van der Waals surface area contributed by atoms with Gasteiger partial charge in [0.15, 0.2) is 0 Å². The van der Waals surface area contributed by atoms with Gasteiger partial charge >= 0.3 is 0 Å². The standard InChI is InChI=1S/C12H14N2.C2H7N/c1-2-4-9-10-6-7-13-8-12(10)14-11(9)5-3-1;1-3-2/h6-8,14H,1-5H2;3H,1-2H3. The molecule has 17 heavy (non-hydrogen) atoms. The number of nitrogens with one attached hydrogen (secondary N) is 2. The van der Waals surface area contributed by atoms with E-state index in [1.54, 1.807) is 5.56 Å². The van der Waals surface area contributed by atoms with Crippen LogP contribution in [-0.2, 0) is 12.8 Å². The van der Waals surface area contributed by atoms with Crippen LogP contribution >= 0.6 is 0 Å². The van der Waals surface area contributed by atoms with Crippen LogP contribution in [0.3, 0.4) is 0 Å². The van der Waals surface area contributed by atoms with E-state index in [2.05, 4.69) is 21.4 Å². The molecular weight excluding hydrogens is 210 g/mol. The molecule has 0 saturated carbocycles. The van der Waals surface area contributed by atoms with E-state index in [-0.39, 0.29) is 0 Å². The first-order chi connectivity index (χ1) is 8.36. The van der Waals surface area contributed by atoms with Crippen LogP contribution in [-0.4, -0.2) is 24.1 Å². The lowest BCUT2D eigenvalue weighted by Gasteiger charge is -1.96. The first-order valence-electron chi connectivity index (χ1n) is 6.38. The fourth-order valence-electron chi connectivity index (χ4n) is 2.44. The van der Waals surface area contributed by atoms with E-state index in [1.807, 2.05) is 26.5 Å². The van der Waals surface area contributed by atoms with Gasteiger partial charge in [0.1, 0.15) is 0 Å². The van der Waals surface area contributed by atoms with E-state index in [0.29, 0.717) is 0 Å². The zero-order chi connectivity index (χ0) is 12.1. The third-order valence-electron chi connectivity index (χ3n) is 3.15. The van der Waals surface area contributed by atoms with E-state index < -0.39 is 0 Å². The molecule has 3 rings (SSSR count). The Morgan fingerprint density at radius 2 is 1.94 bits per heavy atom. The summed E-state index contributed by atoms with van der Waals surface area (Å²) in [5, 5.41) is 4.14. The van der Waals surface area contributed by atoms with Gasteiger partial charge in [0, 0.05) is 17.3 Å². The Hall–Kier alpha value is -1.35. The second-order valence-electron chi connectivity index (χ2n) is 4.56. The van der Waals surface area contributed by atoms with Gasteiger partial charge in [-0.3, -0.25) is 4.98 Å². The SMILES string of the molecule is CNC.c1cc2c3c([nH]c2cn1)CCCCC3. The summed E-state index contributed by atoms with van der Waals surface area (Å²) in [4.78, 5) is 7.64. The van der Waals surface area contributed by atoms with Crippen molar-refractivity contribution in [2.45, 2.75) is 32.1 Å². The van der Waals surface area contributed by atoms with Gasteiger partial charge in [-0.05, 0) is 51.4 Å². The van der Waals surface area contributed by atoms with Crippen molar-refractivity contribution in [1.82, 2.24) is 15.3 Å². The van der Waals surface area contributed by atoms with E-state index in [4.69, 9.17) is 0 Å². The number of aromatic nitrogens is 2. The monoisotopic (exact) mass is 231 g/mol. The molecule has 92 valence electrons. The van der Waals surface area contributed by atoms with Crippen molar-refractivity contribution in [2.24, 2.45) is 0 Å². The number of H-pyrrole nitrogens is 1. The van der Waals surface area contributed by atoms with Gasteiger partial charge in [-0.1, -0.05) is 6.42 Å². The minimum atomic E-state index is 1.21.